The number of allylic oxidation sites excluding steroid dienone is 12. The second-order valence-corrected chi connectivity index (χ2v) is 14.5. The fourth-order valence-corrected chi connectivity index (χ4v) is 5.64. The molecule has 0 saturated carbocycles. The molecule has 0 fully saturated rings. The van der Waals surface area contributed by atoms with E-state index in [1.807, 2.05) is 36.5 Å². The number of carbonyl (C=O) groups excluding carboxylic acids is 2. The molecule has 0 heterocycles. The van der Waals surface area contributed by atoms with Gasteiger partial charge in [0.25, 0.3) is 0 Å². The first kappa shape index (κ1) is 50.4. The summed E-state index contributed by atoms with van der Waals surface area (Å²) in [5, 5.41) is 18.3. The van der Waals surface area contributed by atoms with Gasteiger partial charge < -0.3 is 24.6 Å². The topological polar surface area (TPSA) is 149 Å². The van der Waals surface area contributed by atoms with E-state index in [2.05, 4.69) is 54.8 Å². The summed E-state index contributed by atoms with van der Waals surface area (Å²) in [6, 6.07) is 0. The Kier molecular flexibility index (Phi) is 35.9. The van der Waals surface area contributed by atoms with Crippen molar-refractivity contribution in [3.8, 4) is 0 Å². The summed E-state index contributed by atoms with van der Waals surface area (Å²) in [4.78, 5) is 34.9. The minimum absolute atomic E-state index is 0.158. The first-order valence-electron chi connectivity index (χ1n) is 19.9. The number of esters is 2. The van der Waals surface area contributed by atoms with Crippen LogP contribution >= 0.6 is 7.82 Å². The summed E-state index contributed by atoms with van der Waals surface area (Å²) in [6.45, 7) is 2.14. The van der Waals surface area contributed by atoms with Crippen LogP contribution in [0.3, 0.4) is 0 Å². The first-order chi connectivity index (χ1) is 25.7. The Labute approximate surface area is 320 Å². The van der Waals surface area contributed by atoms with Gasteiger partial charge in [-0.25, -0.2) is 4.57 Å². The smallest absolute Gasteiger partial charge is 0.462 e. The summed E-state index contributed by atoms with van der Waals surface area (Å²) in [5.41, 5.74) is 0. The third-order valence-corrected chi connectivity index (χ3v) is 8.89. The standard InChI is InChI=1S/C42H71O10P/c1-3-5-7-9-11-13-15-17-19-21-23-25-27-29-31-33-41(45)49-37-40(38-51-53(47,48)50-36-39(44)35-43)52-42(46)34-32-30-28-26-24-22-20-18-16-14-12-10-8-6-4-2/h5,7,9,11-15,17-20,39-40,43-44H,3-4,6,8,10,16,21-38H2,1-2H3,(H,47,48)/b7-5+,11-9+,14-12+,15-13+,19-17+,20-18+/t39-,40+/m0/s1. The molecule has 0 aromatic carbocycles. The molecular weight excluding hydrogens is 695 g/mol. The molecule has 1 unspecified atom stereocenters. The number of carbonyl (C=O) groups is 2. The molecule has 0 bridgehead atoms. The lowest BCUT2D eigenvalue weighted by atomic mass is 10.1. The minimum atomic E-state index is -4.63. The number of aliphatic hydroxyl groups is 2. The summed E-state index contributed by atoms with van der Waals surface area (Å²) in [7, 11) is -4.63. The van der Waals surface area contributed by atoms with E-state index in [4.69, 9.17) is 19.1 Å². The molecule has 0 radical (unpaired) electrons. The van der Waals surface area contributed by atoms with Crippen molar-refractivity contribution in [3.05, 3.63) is 72.9 Å². The maximum atomic E-state index is 12.6. The van der Waals surface area contributed by atoms with Gasteiger partial charge in [0, 0.05) is 12.8 Å². The molecule has 0 spiro atoms. The molecule has 53 heavy (non-hydrogen) atoms. The molecule has 0 saturated heterocycles. The van der Waals surface area contributed by atoms with Crippen LogP contribution in [0, 0.1) is 0 Å². The van der Waals surface area contributed by atoms with Crippen LogP contribution in [0.2, 0.25) is 0 Å². The molecule has 0 aromatic heterocycles. The van der Waals surface area contributed by atoms with Crippen LogP contribution in [0.5, 0.6) is 0 Å². The van der Waals surface area contributed by atoms with Crippen molar-refractivity contribution in [3.63, 3.8) is 0 Å². The number of hydrogen-bond donors (Lipinski definition) is 3. The highest BCUT2D eigenvalue weighted by atomic mass is 31.2. The highest BCUT2D eigenvalue weighted by Crippen LogP contribution is 2.43. The van der Waals surface area contributed by atoms with Gasteiger partial charge in [0.1, 0.15) is 12.7 Å². The molecule has 3 atom stereocenters. The van der Waals surface area contributed by atoms with Gasteiger partial charge in [0.15, 0.2) is 6.10 Å². The lowest BCUT2D eigenvalue weighted by Gasteiger charge is -2.20. The zero-order valence-electron chi connectivity index (χ0n) is 32.7. The number of ether oxygens (including phenoxy) is 2. The quantitative estimate of drug-likeness (QED) is 0.0185. The third kappa shape index (κ3) is 37.5. The zero-order chi connectivity index (χ0) is 39.1. The Balaban J connectivity index is 4.43. The average Bonchev–Trinajstić information content (AvgIpc) is 3.14. The van der Waals surface area contributed by atoms with Crippen molar-refractivity contribution in [2.24, 2.45) is 0 Å². The highest BCUT2D eigenvalue weighted by Gasteiger charge is 2.27. The van der Waals surface area contributed by atoms with Gasteiger partial charge in [-0.15, -0.1) is 0 Å². The molecule has 3 N–H and O–H groups in total. The number of phosphoric ester groups is 1. The molecule has 11 heteroatoms. The lowest BCUT2D eigenvalue weighted by molar-refractivity contribution is -0.161. The number of unbranched alkanes of at least 4 members (excludes halogenated alkanes) is 13. The van der Waals surface area contributed by atoms with E-state index in [0.717, 1.165) is 83.5 Å². The number of aliphatic hydroxyl groups excluding tert-OH is 2. The maximum Gasteiger partial charge on any atom is 0.472 e. The van der Waals surface area contributed by atoms with Crippen LogP contribution in [-0.2, 0) is 32.7 Å². The summed E-state index contributed by atoms with van der Waals surface area (Å²) in [5.74, 6) is -0.976. The molecule has 0 aliphatic rings. The van der Waals surface area contributed by atoms with Crippen LogP contribution in [0.25, 0.3) is 0 Å². The zero-order valence-corrected chi connectivity index (χ0v) is 33.6. The molecule has 0 aliphatic carbocycles. The van der Waals surface area contributed by atoms with Gasteiger partial charge in [-0.1, -0.05) is 138 Å². The Hall–Kier alpha value is -2.59. The monoisotopic (exact) mass is 766 g/mol. The minimum Gasteiger partial charge on any atom is -0.462 e. The summed E-state index contributed by atoms with van der Waals surface area (Å²) < 4.78 is 32.6. The van der Waals surface area contributed by atoms with Gasteiger partial charge in [-0.05, 0) is 64.2 Å². The van der Waals surface area contributed by atoms with Gasteiger partial charge in [-0.3, -0.25) is 18.6 Å². The number of rotatable bonds is 36. The Morgan fingerprint density at radius 2 is 1.11 bits per heavy atom. The molecule has 10 nitrogen and oxygen atoms in total. The SMILES string of the molecule is CC/C=C/C=C/C=C/C=C/CCCCCCCC(=O)OC[C@H](COP(=O)(O)OC[C@@H](O)CO)OC(=O)CCCCCCC/C=C/C/C=C/CCCCC. The van der Waals surface area contributed by atoms with Crippen molar-refractivity contribution >= 4 is 19.8 Å². The second-order valence-electron chi connectivity index (χ2n) is 13.0. The molecule has 0 rings (SSSR count). The van der Waals surface area contributed by atoms with Gasteiger partial charge in [-0.2, -0.15) is 0 Å². The second kappa shape index (κ2) is 37.7. The van der Waals surface area contributed by atoms with E-state index in [1.165, 1.54) is 19.3 Å². The van der Waals surface area contributed by atoms with E-state index in [1.54, 1.807) is 0 Å². The summed E-state index contributed by atoms with van der Waals surface area (Å²) in [6.07, 6.45) is 41.5. The van der Waals surface area contributed by atoms with E-state index >= 15 is 0 Å². The Morgan fingerprint density at radius 3 is 1.72 bits per heavy atom. The van der Waals surface area contributed by atoms with Crippen LogP contribution in [0.4, 0.5) is 0 Å². The molecular formula is C42H71O10P. The molecule has 0 aliphatic heterocycles. The van der Waals surface area contributed by atoms with E-state index < -0.39 is 51.8 Å². The van der Waals surface area contributed by atoms with E-state index in [9.17, 15) is 24.2 Å². The number of phosphoric acid groups is 1. The van der Waals surface area contributed by atoms with Gasteiger partial charge in [0.2, 0.25) is 0 Å². The predicted octanol–water partition coefficient (Wildman–Crippen LogP) is 10.1. The molecule has 304 valence electrons. The van der Waals surface area contributed by atoms with Gasteiger partial charge >= 0.3 is 19.8 Å². The van der Waals surface area contributed by atoms with Gasteiger partial charge in [0.05, 0.1) is 19.8 Å². The Morgan fingerprint density at radius 1 is 0.604 bits per heavy atom. The van der Waals surface area contributed by atoms with E-state index in [0.29, 0.717) is 12.8 Å². The first-order valence-corrected chi connectivity index (χ1v) is 21.4. The Bertz CT molecular complexity index is 1110. The largest absolute Gasteiger partial charge is 0.472 e. The van der Waals surface area contributed by atoms with Crippen LogP contribution in [0.1, 0.15) is 142 Å². The fourth-order valence-electron chi connectivity index (χ4n) is 4.86. The van der Waals surface area contributed by atoms with Crippen LogP contribution < -0.4 is 0 Å². The summed E-state index contributed by atoms with van der Waals surface area (Å²) >= 11 is 0. The fraction of sp³-hybridized carbons (Fsp3) is 0.667. The van der Waals surface area contributed by atoms with Crippen molar-refractivity contribution in [1.29, 1.82) is 0 Å². The average molecular weight is 767 g/mol. The van der Waals surface area contributed by atoms with Crippen molar-refractivity contribution < 1.29 is 47.8 Å². The predicted molar refractivity (Wildman–Crippen MR) is 214 cm³/mol. The van der Waals surface area contributed by atoms with Crippen LogP contribution in [-0.4, -0.2) is 65.7 Å². The van der Waals surface area contributed by atoms with Crippen LogP contribution in [0.15, 0.2) is 72.9 Å². The van der Waals surface area contributed by atoms with Crippen molar-refractivity contribution in [1.82, 2.24) is 0 Å². The van der Waals surface area contributed by atoms with Crippen molar-refractivity contribution in [2.45, 2.75) is 154 Å². The molecule has 0 amide bonds. The third-order valence-electron chi connectivity index (χ3n) is 7.94. The van der Waals surface area contributed by atoms with E-state index in [-0.39, 0.29) is 19.4 Å². The van der Waals surface area contributed by atoms with Crippen molar-refractivity contribution in [2.75, 3.05) is 26.4 Å². The number of hydrogen-bond acceptors (Lipinski definition) is 9. The lowest BCUT2D eigenvalue weighted by Crippen LogP contribution is -2.29. The molecule has 0 aromatic rings. The maximum absolute atomic E-state index is 12.6. The normalized spacial score (nSPS) is 14.7. The highest BCUT2D eigenvalue weighted by molar-refractivity contribution is 7.47.